The molecule has 3 aliphatic rings. The number of benzene rings is 1. The summed E-state index contributed by atoms with van der Waals surface area (Å²) in [5.74, 6) is -0.0146. The molecule has 4 rings (SSSR count). The highest BCUT2D eigenvalue weighted by Gasteiger charge is 2.46. The van der Waals surface area contributed by atoms with Crippen LogP contribution in [0.5, 0.6) is 0 Å². The van der Waals surface area contributed by atoms with E-state index in [0.717, 1.165) is 19.5 Å². The number of piperidine rings is 1. The van der Waals surface area contributed by atoms with Crippen LogP contribution in [0.3, 0.4) is 0 Å². The van der Waals surface area contributed by atoms with Crippen LogP contribution >= 0.6 is 0 Å². The van der Waals surface area contributed by atoms with Gasteiger partial charge in [0.25, 0.3) is 0 Å². The quantitative estimate of drug-likeness (QED) is 0.800. The van der Waals surface area contributed by atoms with E-state index in [1.165, 1.54) is 12.7 Å². The number of hydrogen-bond donors (Lipinski definition) is 0. The van der Waals surface area contributed by atoms with E-state index in [-0.39, 0.29) is 29.6 Å². The monoisotopic (exact) mass is 299 g/mol. The Morgan fingerprint density at radius 2 is 2.00 bits per heavy atom. The number of methoxy groups -OCH3 is 1. The maximum absolute atomic E-state index is 12.1. The maximum Gasteiger partial charge on any atom is 0.335 e. The molecule has 1 aromatic rings. The molecule has 0 saturated carbocycles. The average molecular weight is 299 g/mol. The van der Waals surface area contributed by atoms with Gasteiger partial charge in [-0.25, -0.2) is 4.79 Å². The Kier molecular flexibility index (Phi) is 4.12. The number of carbonyl (C=O) groups is 2. The topological polar surface area (TPSA) is 46.6 Å². The highest BCUT2D eigenvalue weighted by Crippen LogP contribution is 2.40. The second-order valence-corrected chi connectivity index (χ2v) is 6.19. The van der Waals surface area contributed by atoms with Crippen LogP contribution in [0.25, 0.3) is 0 Å². The van der Waals surface area contributed by atoms with Gasteiger partial charge in [-0.1, -0.05) is 36.4 Å². The SMILES string of the molecule is COC(=O)C1=CC2CC(C(C)=O)C1N(Cc1ccccc1)C2. The lowest BCUT2D eigenvalue weighted by molar-refractivity contribution is -0.138. The first kappa shape index (κ1) is 15.0. The summed E-state index contributed by atoms with van der Waals surface area (Å²) in [4.78, 5) is 26.4. The van der Waals surface area contributed by atoms with Crippen LogP contribution in [0.15, 0.2) is 42.0 Å². The number of esters is 1. The Bertz CT molecular complexity index is 608. The van der Waals surface area contributed by atoms with Crippen LogP contribution in [-0.4, -0.2) is 36.3 Å². The molecule has 3 unspecified atom stereocenters. The number of ether oxygens (including phenoxy) is 1. The van der Waals surface area contributed by atoms with Gasteiger partial charge in [0, 0.05) is 19.0 Å². The van der Waals surface area contributed by atoms with Crippen molar-refractivity contribution in [2.75, 3.05) is 13.7 Å². The van der Waals surface area contributed by atoms with Gasteiger partial charge in [-0.3, -0.25) is 9.69 Å². The van der Waals surface area contributed by atoms with Crippen LogP contribution in [0.4, 0.5) is 0 Å². The van der Waals surface area contributed by atoms with E-state index >= 15 is 0 Å². The second kappa shape index (κ2) is 6.05. The zero-order valence-electron chi connectivity index (χ0n) is 13.0. The molecular weight excluding hydrogens is 278 g/mol. The first-order valence-corrected chi connectivity index (χ1v) is 7.68. The van der Waals surface area contributed by atoms with Gasteiger partial charge >= 0.3 is 5.97 Å². The lowest BCUT2D eigenvalue weighted by Gasteiger charge is -2.48. The Morgan fingerprint density at radius 3 is 2.64 bits per heavy atom. The smallest absolute Gasteiger partial charge is 0.335 e. The van der Waals surface area contributed by atoms with E-state index < -0.39 is 0 Å². The summed E-state index contributed by atoms with van der Waals surface area (Å²) in [5.41, 5.74) is 1.85. The van der Waals surface area contributed by atoms with Crippen molar-refractivity contribution in [2.45, 2.75) is 25.9 Å². The van der Waals surface area contributed by atoms with E-state index in [4.69, 9.17) is 4.74 Å². The van der Waals surface area contributed by atoms with E-state index in [0.29, 0.717) is 5.57 Å². The Balaban J connectivity index is 1.90. The fourth-order valence-corrected chi connectivity index (χ4v) is 3.76. The largest absolute Gasteiger partial charge is 0.466 e. The highest BCUT2D eigenvalue weighted by atomic mass is 16.5. The number of rotatable bonds is 4. The first-order valence-electron chi connectivity index (χ1n) is 7.68. The molecule has 22 heavy (non-hydrogen) atoms. The van der Waals surface area contributed by atoms with Gasteiger partial charge in [0.1, 0.15) is 5.78 Å². The lowest BCUT2D eigenvalue weighted by atomic mass is 9.71. The molecule has 2 aliphatic heterocycles. The number of nitrogens with zero attached hydrogens (tertiary/aromatic N) is 1. The molecule has 4 nitrogen and oxygen atoms in total. The number of hydrogen-bond acceptors (Lipinski definition) is 4. The van der Waals surface area contributed by atoms with E-state index in [9.17, 15) is 9.59 Å². The van der Waals surface area contributed by atoms with Crippen molar-refractivity contribution in [1.29, 1.82) is 0 Å². The van der Waals surface area contributed by atoms with Crippen LogP contribution < -0.4 is 0 Å². The van der Waals surface area contributed by atoms with Crippen LogP contribution in [0, 0.1) is 11.8 Å². The van der Waals surface area contributed by atoms with Gasteiger partial charge in [0.2, 0.25) is 0 Å². The van der Waals surface area contributed by atoms with Crippen molar-refractivity contribution in [3.8, 4) is 0 Å². The molecule has 1 aliphatic carbocycles. The Hall–Kier alpha value is -1.94. The number of fused-ring (bicyclic) bond motifs is 2. The van der Waals surface area contributed by atoms with Gasteiger partial charge in [0.05, 0.1) is 18.7 Å². The molecule has 0 radical (unpaired) electrons. The van der Waals surface area contributed by atoms with Crippen molar-refractivity contribution in [1.82, 2.24) is 4.90 Å². The van der Waals surface area contributed by atoms with Gasteiger partial charge in [-0.2, -0.15) is 0 Å². The Labute approximate surface area is 130 Å². The third-order valence-corrected chi connectivity index (χ3v) is 4.71. The summed E-state index contributed by atoms with van der Waals surface area (Å²) in [5, 5.41) is 0. The molecule has 0 amide bonds. The van der Waals surface area contributed by atoms with E-state index in [1.807, 2.05) is 24.3 Å². The fourth-order valence-electron chi connectivity index (χ4n) is 3.76. The molecule has 1 aromatic carbocycles. The molecule has 3 atom stereocenters. The van der Waals surface area contributed by atoms with Crippen molar-refractivity contribution >= 4 is 11.8 Å². The molecule has 0 N–H and O–H groups in total. The minimum absolute atomic E-state index is 0.110. The summed E-state index contributed by atoms with van der Waals surface area (Å²) in [6, 6.07) is 10.0. The predicted octanol–water partition coefficient (Wildman–Crippen LogP) is 2.20. The third-order valence-electron chi connectivity index (χ3n) is 4.71. The van der Waals surface area contributed by atoms with Gasteiger partial charge < -0.3 is 4.74 Å². The molecule has 116 valence electrons. The maximum atomic E-state index is 12.1. The van der Waals surface area contributed by atoms with Crippen molar-refractivity contribution < 1.29 is 14.3 Å². The predicted molar refractivity (Wildman–Crippen MR) is 83.0 cm³/mol. The molecule has 2 bridgehead atoms. The summed E-state index contributed by atoms with van der Waals surface area (Å²) in [7, 11) is 1.40. The third kappa shape index (κ3) is 2.71. The zero-order chi connectivity index (χ0) is 15.7. The number of carbonyl (C=O) groups excluding carboxylic acids is 2. The van der Waals surface area contributed by atoms with Crippen LogP contribution in [0.2, 0.25) is 0 Å². The zero-order valence-corrected chi connectivity index (χ0v) is 13.0. The first-order chi connectivity index (χ1) is 10.6. The normalized spacial score (nSPS) is 27.4. The van der Waals surface area contributed by atoms with E-state index in [1.54, 1.807) is 6.92 Å². The summed E-state index contributed by atoms with van der Waals surface area (Å²) < 4.78 is 4.92. The minimum atomic E-state index is -0.307. The lowest BCUT2D eigenvalue weighted by Crippen LogP contribution is -2.55. The molecule has 2 heterocycles. The molecule has 0 spiro atoms. The van der Waals surface area contributed by atoms with Crippen LogP contribution in [0.1, 0.15) is 18.9 Å². The molecule has 1 saturated heterocycles. The molecular formula is C18H21NO3. The van der Waals surface area contributed by atoms with Crippen molar-refractivity contribution in [2.24, 2.45) is 11.8 Å². The molecule has 0 aromatic heterocycles. The summed E-state index contributed by atoms with van der Waals surface area (Å²) in [6.45, 7) is 3.27. The standard InChI is InChI=1S/C18H21NO3/c1-12(20)15-8-14-9-16(18(21)22-2)17(15)19(11-14)10-13-6-4-3-5-7-13/h3-7,9,14-15,17H,8,10-11H2,1-2H3. The minimum Gasteiger partial charge on any atom is -0.466 e. The molecule has 4 heteroatoms. The van der Waals surface area contributed by atoms with Crippen molar-refractivity contribution in [3.05, 3.63) is 47.5 Å². The fraction of sp³-hybridized carbons (Fsp3) is 0.444. The summed E-state index contributed by atoms with van der Waals surface area (Å²) >= 11 is 0. The number of Topliss-reactive ketones (excluding diaryl/α,β-unsaturated/α-hetero) is 1. The highest BCUT2D eigenvalue weighted by molar-refractivity contribution is 5.92. The van der Waals surface area contributed by atoms with Crippen molar-refractivity contribution in [3.63, 3.8) is 0 Å². The second-order valence-electron chi connectivity index (χ2n) is 6.19. The van der Waals surface area contributed by atoms with Gasteiger partial charge in [0.15, 0.2) is 0 Å². The van der Waals surface area contributed by atoms with Gasteiger partial charge in [-0.05, 0) is 24.8 Å². The van der Waals surface area contributed by atoms with Crippen LogP contribution in [-0.2, 0) is 20.9 Å². The Morgan fingerprint density at radius 1 is 1.27 bits per heavy atom. The summed E-state index contributed by atoms with van der Waals surface area (Å²) in [6.07, 6.45) is 2.85. The average Bonchev–Trinajstić information content (AvgIpc) is 2.54. The number of ketones is 1. The van der Waals surface area contributed by atoms with E-state index in [2.05, 4.69) is 17.0 Å². The molecule has 1 fully saturated rings. The van der Waals surface area contributed by atoms with Gasteiger partial charge in [-0.15, -0.1) is 0 Å².